The third-order valence-corrected chi connectivity index (χ3v) is 7.03. The van der Waals surface area contributed by atoms with E-state index >= 15 is 0 Å². The van der Waals surface area contributed by atoms with Gasteiger partial charge in [0.25, 0.3) is 5.91 Å². The number of carbonyl (C=O) groups excluding carboxylic acids is 1. The number of morpholine rings is 1. The minimum Gasteiger partial charge on any atom is -0.379 e. The maximum absolute atomic E-state index is 13.2. The van der Waals surface area contributed by atoms with E-state index in [0.29, 0.717) is 34.1 Å². The number of rotatable bonds is 6. The lowest BCUT2D eigenvalue weighted by Gasteiger charge is -2.40. The molecule has 0 bridgehead atoms. The molecule has 9 heteroatoms. The van der Waals surface area contributed by atoms with E-state index in [0.717, 1.165) is 69.8 Å². The van der Waals surface area contributed by atoms with E-state index in [-0.39, 0.29) is 5.91 Å². The molecule has 2 aliphatic heterocycles. The zero-order chi connectivity index (χ0) is 22.5. The van der Waals surface area contributed by atoms with E-state index in [2.05, 4.69) is 20.2 Å². The van der Waals surface area contributed by atoms with Crippen LogP contribution in [0, 0.1) is 6.92 Å². The average molecular weight is 478 g/mol. The molecule has 7 nitrogen and oxygen atoms in total. The molecule has 0 unspecified atom stereocenters. The van der Waals surface area contributed by atoms with Crippen molar-refractivity contribution in [1.29, 1.82) is 0 Å². The lowest BCUT2D eigenvalue weighted by Crippen LogP contribution is -2.50. The Morgan fingerprint density at radius 3 is 2.59 bits per heavy atom. The summed E-state index contributed by atoms with van der Waals surface area (Å²) in [4.78, 5) is 26.2. The average Bonchev–Trinajstić information content (AvgIpc) is 2.83. The molecule has 0 atom stereocenters. The van der Waals surface area contributed by atoms with Crippen molar-refractivity contribution in [2.45, 2.75) is 32.2 Å². The maximum atomic E-state index is 13.2. The van der Waals surface area contributed by atoms with Crippen molar-refractivity contribution in [2.24, 2.45) is 0 Å². The van der Waals surface area contributed by atoms with Gasteiger partial charge in [-0.25, -0.2) is 9.97 Å². The van der Waals surface area contributed by atoms with Gasteiger partial charge >= 0.3 is 0 Å². The number of ether oxygens (including phenoxy) is 1. The van der Waals surface area contributed by atoms with E-state index in [9.17, 15) is 4.79 Å². The topological polar surface area (TPSA) is 70.6 Å². The van der Waals surface area contributed by atoms with Crippen LogP contribution in [0.4, 0.5) is 5.82 Å². The summed E-state index contributed by atoms with van der Waals surface area (Å²) in [6.07, 6.45) is 4.20. The molecule has 0 spiro atoms. The van der Waals surface area contributed by atoms with Crippen molar-refractivity contribution >= 4 is 34.9 Å². The number of likely N-dealkylation sites (tertiary alicyclic amines) is 1. The number of anilines is 1. The van der Waals surface area contributed by atoms with Gasteiger partial charge in [-0.3, -0.25) is 9.69 Å². The van der Waals surface area contributed by atoms with Crippen molar-refractivity contribution in [3.63, 3.8) is 0 Å². The van der Waals surface area contributed by atoms with E-state index in [1.54, 1.807) is 6.07 Å². The van der Waals surface area contributed by atoms with Gasteiger partial charge in [-0.1, -0.05) is 29.3 Å². The summed E-state index contributed by atoms with van der Waals surface area (Å²) in [5.41, 5.74) is 2.34. The molecule has 2 aliphatic rings. The van der Waals surface area contributed by atoms with Gasteiger partial charge in [0.1, 0.15) is 17.8 Å². The molecule has 1 amide bonds. The number of nitrogens with one attached hydrogen (secondary N) is 1. The number of nitrogens with zero attached hydrogens (tertiary/aromatic N) is 4. The van der Waals surface area contributed by atoms with Crippen molar-refractivity contribution in [2.75, 3.05) is 51.3 Å². The Morgan fingerprint density at radius 2 is 1.88 bits per heavy atom. The highest BCUT2D eigenvalue weighted by atomic mass is 35.5. The Labute approximate surface area is 199 Å². The van der Waals surface area contributed by atoms with Crippen LogP contribution in [-0.4, -0.2) is 77.7 Å². The van der Waals surface area contributed by atoms with Gasteiger partial charge < -0.3 is 15.0 Å². The summed E-state index contributed by atoms with van der Waals surface area (Å²) in [6.45, 7) is 7.65. The molecule has 172 valence electrons. The fourth-order valence-corrected chi connectivity index (χ4v) is 4.71. The minimum absolute atomic E-state index is 0.0159. The fraction of sp³-hybridized carbons (Fsp3) is 0.522. The number of amides is 1. The van der Waals surface area contributed by atoms with Gasteiger partial charge in [-0.15, -0.1) is 0 Å². The second kappa shape index (κ2) is 10.8. The molecular formula is C23H29Cl2N5O2. The quantitative estimate of drug-likeness (QED) is 0.683. The van der Waals surface area contributed by atoms with Crippen LogP contribution in [0.2, 0.25) is 10.0 Å². The van der Waals surface area contributed by atoms with Crippen molar-refractivity contribution in [1.82, 2.24) is 19.8 Å². The summed E-state index contributed by atoms with van der Waals surface area (Å²) in [5, 5.41) is 4.42. The van der Waals surface area contributed by atoms with Crippen LogP contribution in [0.5, 0.6) is 0 Å². The highest BCUT2D eigenvalue weighted by Gasteiger charge is 2.29. The largest absolute Gasteiger partial charge is 0.379 e. The molecule has 0 aliphatic carbocycles. The maximum Gasteiger partial charge on any atom is 0.272 e. The van der Waals surface area contributed by atoms with Crippen LogP contribution in [0.15, 0.2) is 24.5 Å². The highest BCUT2D eigenvalue weighted by molar-refractivity contribution is 6.42. The Kier molecular flexibility index (Phi) is 7.84. The first-order valence-corrected chi connectivity index (χ1v) is 11.9. The van der Waals surface area contributed by atoms with Gasteiger partial charge in [0.15, 0.2) is 0 Å². The van der Waals surface area contributed by atoms with E-state index in [1.165, 1.54) is 6.33 Å². The molecule has 32 heavy (non-hydrogen) atoms. The second-order valence-electron chi connectivity index (χ2n) is 8.29. The zero-order valence-corrected chi connectivity index (χ0v) is 19.8. The molecular weight excluding hydrogens is 449 g/mol. The summed E-state index contributed by atoms with van der Waals surface area (Å²) in [6, 6.07) is 6.16. The van der Waals surface area contributed by atoms with E-state index in [1.807, 2.05) is 24.0 Å². The van der Waals surface area contributed by atoms with Crippen LogP contribution in [0.3, 0.4) is 0 Å². The van der Waals surface area contributed by atoms with E-state index in [4.69, 9.17) is 27.9 Å². The standard InChI is InChI=1S/C23H29Cl2N5O2/c1-16-21(23(31)30-8-5-18(6-9-30)29-10-12-32-13-11-29)27-15-28-22(16)26-7-4-17-2-3-19(24)20(25)14-17/h2-3,14-15,18H,4-13H2,1H3,(H,26,27,28). The van der Waals surface area contributed by atoms with Crippen molar-refractivity contribution in [3.8, 4) is 0 Å². The lowest BCUT2D eigenvalue weighted by molar-refractivity contribution is 0.00152. The van der Waals surface area contributed by atoms with Crippen LogP contribution in [0.1, 0.15) is 34.5 Å². The number of hydrogen-bond acceptors (Lipinski definition) is 6. The Morgan fingerprint density at radius 1 is 1.12 bits per heavy atom. The summed E-state index contributed by atoms with van der Waals surface area (Å²) >= 11 is 12.1. The Hall–Kier alpha value is -1.93. The van der Waals surface area contributed by atoms with Gasteiger partial charge in [-0.2, -0.15) is 0 Å². The predicted octanol–water partition coefficient (Wildman–Crippen LogP) is 3.68. The van der Waals surface area contributed by atoms with Crippen molar-refractivity contribution in [3.05, 3.63) is 51.4 Å². The molecule has 1 aromatic heterocycles. The number of carbonyl (C=O) groups is 1. The number of aromatic nitrogens is 2. The molecule has 3 heterocycles. The SMILES string of the molecule is Cc1c(NCCc2ccc(Cl)c(Cl)c2)ncnc1C(=O)N1CCC(N2CCOCC2)CC1. The van der Waals surface area contributed by atoms with Crippen LogP contribution >= 0.6 is 23.2 Å². The zero-order valence-electron chi connectivity index (χ0n) is 18.3. The molecule has 1 aromatic carbocycles. The first kappa shape index (κ1) is 23.2. The minimum atomic E-state index is -0.0159. The van der Waals surface area contributed by atoms with Crippen LogP contribution in [-0.2, 0) is 11.2 Å². The number of halogens is 2. The summed E-state index contributed by atoms with van der Waals surface area (Å²) in [5.74, 6) is 0.671. The van der Waals surface area contributed by atoms with Gasteiger partial charge in [0.05, 0.1) is 23.3 Å². The molecule has 2 saturated heterocycles. The molecule has 4 rings (SSSR count). The Bertz CT molecular complexity index is 944. The normalized spacial score (nSPS) is 18.0. The highest BCUT2D eigenvalue weighted by Crippen LogP contribution is 2.24. The summed E-state index contributed by atoms with van der Waals surface area (Å²) in [7, 11) is 0. The first-order valence-electron chi connectivity index (χ1n) is 11.1. The predicted molar refractivity (Wildman–Crippen MR) is 127 cm³/mol. The first-order chi connectivity index (χ1) is 15.5. The summed E-state index contributed by atoms with van der Waals surface area (Å²) < 4.78 is 5.46. The van der Waals surface area contributed by atoms with Crippen LogP contribution < -0.4 is 5.32 Å². The molecule has 0 saturated carbocycles. The number of benzene rings is 1. The molecule has 2 aromatic rings. The van der Waals surface area contributed by atoms with Gasteiger partial charge in [0, 0.05) is 44.3 Å². The molecule has 0 radical (unpaired) electrons. The molecule has 1 N–H and O–H groups in total. The van der Waals surface area contributed by atoms with Crippen LogP contribution in [0.25, 0.3) is 0 Å². The van der Waals surface area contributed by atoms with Gasteiger partial charge in [0.2, 0.25) is 0 Å². The third-order valence-electron chi connectivity index (χ3n) is 6.29. The lowest BCUT2D eigenvalue weighted by atomic mass is 10.0. The fourth-order valence-electron chi connectivity index (χ4n) is 4.39. The monoisotopic (exact) mass is 477 g/mol. The third kappa shape index (κ3) is 5.52. The number of piperidine rings is 1. The van der Waals surface area contributed by atoms with E-state index < -0.39 is 0 Å². The smallest absolute Gasteiger partial charge is 0.272 e. The second-order valence-corrected chi connectivity index (χ2v) is 9.11. The van der Waals surface area contributed by atoms with Crippen molar-refractivity contribution < 1.29 is 9.53 Å². The van der Waals surface area contributed by atoms with Gasteiger partial charge in [-0.05, 0) is 43.9 Å². The molecule has 2 fully saturated rings. The Balaban J connectivity index is 1.33. The number of hydrogen-bond donors (Lipinski definition) is 1.